The molecule has 0 heterocycles. The molecule has 4 atom stereocenters. The normalized spacial score (nSPS) is 15.1. The number of benzene rings is 2. The van der Waals surface area contributed by atoms with E-state index in [1.54, 1.807) is 48.5 Å². The summed E-state index contributed by atoms with van der Waals surface area (Å²) < 4.78 is 11.2. The largest absolute Gasteiger partial charge is 0.399 e. The second-order valence-electron chi connectivity index (χ2n) is 6.73. The summed E-state index contributed by atoms with van der Waals surface area (Å²) in [5.74, 6) is -2.14. The molecule has 0 aliphatic carbocycles. The summed E-state index contributed by atoms with van der Waals surface area (Å²) in [6.45, 7) is -0.141. The number of amides is 2. The summed E-state index contributed by atoms with van der Waals surface area (Å²) in [5.41, 5.74) is 24.2. The van der Waals surface area contributed by atoms with Gasteiger partial charge >= 0.3 is 0 Å². The summed E-state index contributed by atoms with van der Waals surface area (Å²) in [6.07, 6.45) is -6.82. The second kappa shape index (κ2) is 10.6. The highest BCUT2D eigenvalue weighted by Crippen LogP contribution is 2.18. The van der Waals surface area contributed by atoms with E-state index in [1.807, 2.05) is 0 Å². The van der Waals surface area contributed by atoms with Crippen LogP contribution in [0.2, 0.25) is 0 Å². The Bertz CT molecular complexity index is 843. The molecule has 0 aliphatic rings. The topological polar surface area (TPSA) is 197 Å². The van der Waals surface area contributed by atoms with Gasteiger partial charge in [0.2, 0.25) is 11.8 Å². The molecule has 10 heteroatoms. The molecule has 0 aliphatic heterocycles. The van der Waals surface area contributed by atoms with Crippen molar-refractivity contribution < 1.29 is 29.3 Å². The molecule has 0 saturated heterocycles. The van der Waals surface area contributed by atoms with Gasteiger partial charge in [0.15, 0.2) is 12.2 Å². The molecule has 0 aromatic heterocycles. The van der Waals surface area contributed by atoms with Crippen molar-refractivity contribution in [1.82, 2.24) is 0 Å². The lowest BCUT2D eigenvalue weighted by Crippen LogP contribution is -2.54. The van der Waals surface area contributed by atoms with E-state index >= 15 is 0 Å². The summed E-state index contributed by atoms with van der Waals surface area (Å²) in [6, 6.07) is 13.3. The van der Waals surface area contributed by atoms with Crippen LogP contribution in [0.1, 0.15) is 11.1 Å². The van der Waals surface area contributed by atoms with Crippen LogP contribution in [0, 0.1) is 0 Å². The molecule has 0 radical (unpaired) electrons. The quantitative estimate of drug-likeness (QED) is 0.250. The number of hydrogen-bond acceptors (Lipinski definition) is 8. The molecule has 10 N–H and O–H groups in total. The number of aliphatic hydroxyl groups is 2. The molecule has 2 rings (SSSR count). The predicted octanol–water partition coefficient (Wildman–Crippen LogP) is -0.986. The zero-order valence-electron chi connectivity index (χ0n) is 16.2. The van der Waals surface area contributed by atoms with Crippen LogP contribution >= 0.6 is 0 Å². The van der Waals surface area contributed by atoms with Gasteiger partial charge in [-0.2, -0.15) is 0 Å². The smallest absolute Gasteiger partial charge is 0.249 e. The van der Waals surface area contributed by atoms with Crippen LogP contribution in [0.4, 0.5) is 11.4 Å². The first kappa shape index (κ1) is 23.1. The van der Waals surface area contributed by atoms with Crippen LogP contribution in [0.25, 0.3) is 0 Å². The Labute approximate surface area is 173 Å². The molecule has 0 spiro atoms. The molecule has 30 heavy (non-hydrogen) atoms. The van der Waals surface area contributed by atoms with Crippen molar-refractivity contribution in [3.05, 3.63) is 59.7 Å². The highest BCUT2D eigenvalue weighted by molar-refractivity contribution is 5.81. The van der Waals surface area contributed by atoms with Crippen molar-refractivity contribution in [2.45, 2.75) is 37.6 Å². The first-order valence-electron chi connectivity index (χ1n) is 9.06. The molecule has 0 saturated carbocycles. The number of ether oxygens (including phenoxy) is 2. The van der Waals surface area contributed by atoms with Gasteiger partial charge in [-0.05, 0) is 35.4 Å². The van der Waals surface area contributed by atoms with E-state index in [9.17, 15) is 19.8 Å². The number of aliphatic hydroxyl groups excluding tert-OH is 2. The van der Waals surface area contributed by atoms with Crippen molar-refractivity contribution in [2.75, 3.05) is 11.5 Å². The molecule has 2 amide bonds. The zero-order valence-corrected chi connectivity index (χ0v) is 16.2. The molecule has 0 fully saturated rings. The first-order chi connectivity index (χ1) is 14.2. The molecule has 2 aromatic rings. The minimum Gasteiger partial charge on any atom is -0.399 e. The van der Waals surface area contributed by atoms with E-state index in [0.717, 1.165) is 0 Å². The molecule has 0 bridgehead atoms. The van der Waals surface area contributed by atoms with Gasteiger partial charge in [0, 0.05) is 11.4 Å². The minimum absolute atomic E-state index is 0.0605. The van der Waals surface area contributed by atoms with Gasteiger partial charge in [0.25, 0.3) is 0 Å². The van der Waals surface area contributed by atoms with E-state index in [0.29, 0.717) is 22.5 Å². The monoisotopic (exact) mass is 418 g/mol. The van der Waals surface area contributed by atoms with E-state index < -0.39 is 36.2 Å². The SMILES string of the molecule is NC(=O)[C@@H](O)[C@@H](O)[C@H](OCc1ccc(N)cc1)[C@@H](OCc1ccc(N)cc1)C(N)=O. The van der Waals surface area contributed by atoms with E-state index in [-0.39, 0.29) is 13.2 Å². The average Bonchev–Trinajstić information content (AvgIpc) is 2.71. The van der Waals surface area contributed by atoms with Crippen LogP contribution in [-0.2, 0) is 32.3 Å². The van der Waals surface area contributed by atoms with Gasteiger partial charge in [-0.3, -0.25) is 9.59 Å². The fraction of sp³-hybridized carbons (Fsp3) is 0.300. The Kier molecular flexibility index (Phi) is 8.13. The fourth-order valence-electron chi connectivity index (χ4n) is 2.66. The number of hydrogen-bond donors (Lipinski definition) is 6. The van der Waals surface area contributed by atoms with Gasteiger partial charge in [-0.1, -0.05) is 24.3 Å². The van der Waals surface area contributed by atoms with Gasteiger partial charge in [0.05, 0.1) is 13.2 Å². The molecule has 0 unspecified atom stereocenters. The summed E-state index contributed by atoms with van der Waals surface area (Å²) in [7, 11) is 0. The highest BCUT2D eigenvalue weighted by atomic mass is 16.6. The minimum atomic E-state index is -2.00. The maximum Gasteiger partial charge on any atom is 0.249 e. The Balaban J connectivity index is 2.20. The predicted molar refractivity (Wildman–Crippen MR) is 109 cm³/mol. The summed E-state index contributed by atoms with van der Waals surface area (Å²) >= 11 is 0. The maximum absolute atomic E-state index is 12.0. The summed E-state index contributed by atoms with van der Waals surface area (Å²) in [5, 5.41) is 20.3. The van der Waals surface area contributed by atoms with Crippen LogP contribution in [0.5, 0.6) is 0 Å². The van der Waals surface area contributed by atoms with Crippen molar-refractivity contribution in [1.29, 1.82) is 0 Å². The molecule has 162 valence electrons. The number of carbonyl (C=O) groups excluding carboxylic acids is 2. The highest BCUT2D eigenvalue weighted by Gasteiger charge is 2.39. The van der Waals surface area contributed by atoms with Crippen molar-refractivity contribution in [3.8, 4) is 0 Å². The lowest BCUT2D eigenvalue weighted by molar-refractivity contribution is -0.173. The van der Waals surface area contributed by atoms with Crippen molar-refractivity contribution in [2.24, 2.45) is 11.5 Å². The lowest BCUT2D eigenvalue weighted by atomic mass is 10.0. The van der Waals surface area contributed by atoms with Gasteiger partial charge < -0.3 is 42.6 Å². The second-order valence-corrected chi connectivity index (χ2v) is 6.73. The zero-order chi connectivity index (χ0) is 22.3. The van der Waals surface area contributed by atoms with Gasteiger partial charge in [-0.15, -0.1) is 0 Å². The average molecular weight is 418 g/mol. The molecule has 2 aromatic carbocycles. The summed E-state index contributed by atoms with van der Waals surface area (Å²) in [4.78, 5) is 23.4. The molecule has 10 nitrogen and oxygen atoms in total. The third-order valence-corrected chi connectivity index (χ3v) is 4.36. The van der Waals surface area contributed by atoms with Crippen LogP contribution in [0.15, 0.2) is 48.5 Å². The van der Waals surface area contributed by atoms with E-state index in [2.05, 4.69) is 0 Å². The number of nitrogen functional groups attached to an aromatic ring is 2. The Morgan fingerprint density at radius 1 is 0.767 bits per heavy atom. The number of nitrogens with two attached hydrogens (primary N) is 4. The Hall–Kier alpha value is -3.18. The van der Waals surface area contributed by atoms with Crippen molar-refractivity contribution in [3.63, 3.8) is 0 Å². The molecular weight excluding hydrogens is 392 g/mol. The standard InChI is InChI=1S/C20H26N4O6/c21-13-5-1-11(2-6-13)9-29-17(15(25)16(26)19(23)27)18(20(24)28)30-10-12-3-7-14(22)8-4-12/h1-8,15-18,25-26H,9-10,21-22H2,(H2,23,27)(H2,24,28)/t15-,16+,17+,18-/m1/s1. The van der Waals surface area contributed by atoms with Crippen LogP contribution in [0.3, 0.4) is 0 Å². The van der Waals surface area contributed by atoms with Gasteiger partial charge in [0.1, 0.15) is 12.2 Å². The third kappa shape index (κ3) is 6.42. The van der Waals surface area contributed by atoms with E-state index in [4.69, 9.17) is 32.4 Å². The number of primary amides is 2. The lowest BCUT2D eigenvalue weighted by Gasteiger charge is -2.30. The first-order valence-corrected chi connectivity index (χ1v) is 9.06. The van der Waals surface area contributed by atoms with Crippen molar-refractivity contribution >= 4 is 23.2 Å². The Morgan fingerprint density at radius 3 is 1.60 bits per heavy atom. The number of rotatable bonds is 11. The van der Waals surface area contributed by atoms with E-state index in [1.165, 1.54) is 0 Å². The van der Waals surface area contributed by atoms with Crippen LogP contribution in [-0.4, -0.2) is 46.4 Å². The van der Waals surface area contributed by atoms with Gasteiger partial charge in [-0.25, -0.2) is 0 Å². The number of carbonyl (C=O) groups is 2. The number of anilines is 2. The third-order valence-electron chi connectivity index (χ3n) is 4.36. The Morgan fingerprint density at radius 2 is 1.20 bits per heavy atom. The maximum atomic E-state index is 12.0. The molecular formula is C20H26N4O6. The fourth-order valence-corrected chi connectivity index (χ4v) is 2.66. The van der Waals surface area contributed by atoms with Crippen LogP contribution < -0.4 is 22.9 Å².